The molecule has 2 aliphatic rings. The van der Waals surface area contributed by atoms with Crippen molar-refractivity contribution in [1.29, 1.82) is 0 Å². The number of Topliss-reactive ketones (excluding diaryl/α,β-unsaturated/α-hetero) is 1. The molecule has 2 rings (SSSR count). The van der Waals surface area contributed by atoms with Crippen molar-refractivity contribution < 1.29 is 13.2 Å². The number of sulfone groups is 1. The third kappa shape index (κ3) is 3.78. The average Bonchev–Trinajstić information content (AvgIpc) is 2.73. The Kier molecular flexibility index (Phi) is 4.20. The summed E-state index contributed by atoms with van der Waals surface area (Å²) in [6.45, 7) is 1.73. The summed E-state index contributed by atoms with van der Waals surface area (Å²) >= 11 is 0. The Labute approximate surface area is 103 Å². The highest BCUT2D eigenvalue weighted by atomic mass is 32.2. The van der Waals surface area contributed by atoms with Crippen molar-refractivity contribution in [3.8, 4) is 0 Å². The largest absolute Gasteiger partial charge is 0.298 e. The molecule has 0 spiro atoms. The Hall–Kier alpha value is -0.420. The average molecular weight is 259 g/mol. The summed E-state index contributed by atoms with van der Waals surface area (Å²) in [5.74, 6) is 1.06. The van der Waals surface area contributed by atoms with Gasteiger partial charge in [0.1, 0.15) is 5.78 Å². The maximum Gasteiger partial charge on any atom is 0.151 e. The van der Waals surface area contributed by atoms with E-state index in [9.17, 15) is 13.2 Å². The first-order valence-electron chi connectivity index (χ1n) is 6.52. The SMILES string of the molecule is O=C(CN1CCCS(=O)(=O)CC1)C1CCCC1. The number of hydrogen-bond acceptors (Lipinski definition) is 4. The zero-order valence-corrected chi connectivity index (χ0v) is 11.0. The highest BCUT2D eigenvalue weighted by Gasteiger charge is 2.26. The van der Waals surface area contributed by atoms with Gasteiger partial charge in [0.25, 0.3) is 0 Å². The first-order valence-corrected chi connectivity index (χ1v) is 8.34. The molecule has 1 saturated carbocycles. The van der Waals surface area contributed by atoms with E-state index in [0.29, 0.717) is 25.3 Å². The molecule has 5 heteroatoms. The first kappa shape index (κ1) is 13.0. The Morgan fingerprint density at radius 1 is 1.06 bits per heavy atom. The number of carbonyl (C=O) groups excluding carboxylic acids is 1. The zero-order valence-electron chi connectivity index (χ0n) is 10.2. The fourth-order valence-corrected chi connectivity index (χ4v) is 4.05. The molecule has 17 heavy (non-hydrogen) atoms. The van der Waals surface area contributed by atoms with Gasteiger partial charge in [-0.2, -0.15) is 0 Å². The van der Waals surface area contributed by atoms with Crippen molar-refractivity contribution in [1.82, 2.24) is 4.90 Å². The van der Waals surface area contributed by atoms with Crippen molar-refractivity contribution in [2.75, 3.05) is 31.1 Å². The lowest BCUT2D eigenvalue weighted by atomic mass is 10.0. The summed E-state index contributed by atoms with van der Waals surface area (Å²) in [4.78, 5) is 14.0. The standard InChI is InChI=1S/C12H21NO3S/c14-12(11-4-1-2-5-11)10-13-6-3-8-17(15,16)9-7-13/h11H,1-10H2. The fraction of sp³-hybridized carbons (Fsp3) is 0.917. The smallest absolute Gasteiger partial charge is 0.151 e. The van der Waals surface area contributed by atoms with E-state index in [0.717, 1.165) is 19.4 Å². The number of nitrogens with zero attached hydrogens (tertiary/aromatic N) is 1. The van der Waals surface area contributed by atoms with Crippen molar-refractivity contribution in [2.45, 2.75) is 32.1 Å². The van der Waals surface area contributed by atoms with Crippen LogP contribution in [0.1, 0.15) is 32.1 Å². The second-order valence-electron chi connectivity index (χ2n) is 5.23. The van der Waals surface area contributed by atoms with Crippen LogP contribution in [0, 0.1) is 5.92 Å². The zero-order chi connectivity index (χ0) is 12.3. The first-order chi connectivity index (χ1) is 8.07. The molecule has 1 heterocycles. The van der Waals surface area contributed by atoms with Gasteiger partial charge in [0.2, 0.25) is 0 Å². The van der Waals surface area contributed by atoms with Crippen LogP contribution >= 0.6 is 0 Å². The Balaban J connectivity index is 1.84. The predicted octanol–water partition coefficient (Wildman–Crippen LogP) is 0.866. The molecule has 0 aromatic heterocycles. The van der Waals surface area contributed by atoms with E-state index in [1.54, 1.807) is 0 Å². The molecule has 0 radical (unpaired) electrons. The summed E-state index contributed by atoms with van der Waals surface area (Å²) in [6.07, 6.45) is 5.08. The molecule has 0 bridgehead atoms. The Morgan fingerprint density at radius 3 is 2.47 bits per heavy atom. The van der Waals surface area contributed by atoms with Crippen LogP contribution in [-0.2, 0) is 14.6 Å². The van der Waals surface area contributed by atoms with E-state index >= 15 is 0 Å². The second kappa shape index (κ2) is 5.48. The van der Waals surface area contributed by atoms with Gasteiger partial charge in [0.15, 0.2) is 9.84 Å². The third-order valence-corrected chi connectivity index (χ3v) is 5.55. The van der Waals surface area contributed by atoms with E-state index in [4.69, 9.17) is 0 Å². The monoisotopic (exact) mass is 259 g/mol. The van der Waals surface area contributed by atoms with Gasteiger partial charge in [-0.05, 0) is 25.8 Å². The number of rotatable bonds is 3. The van der Waals surface area contributed by atoms with Crippen LogP contribution in [0.5, 0.6) is 0 Å². The van der Waals surface area contributed by atoms with Crippen LogP contribution in [0.3, 0.4) is 0 Å². The van der Waals surface area contributed by atoms with Crippen LogP contribution in [0.4, 0.5) is 0 Å². The molecule has 0 unspecified atom stereocenters. The summed E-state index contributed by atoms with van der Waals surface area (Å²) in [6, 6.07) is 0. The van der Waals surface area contributed by atoms with Crippen molar-refractivity contribution in [3.05, 3.63) is 0 Å². The maximum atomic E-state index is 12.0. The van der Waals surface area contributed by atoms with Gasteiger partial charge in [0, 0.05) is 12.5 Å². The molecular formula is C12H21NO3S. The van der Waals surface area contributed by atoms with Crippen LogP contribution in [-0.4, -0.2) is 50.2 Å². The summed E-state index contributed by atoms with van der Waals surface area (Å²) in [7, 11) is -2.86. The number of hydrogen-bond donors (Lipinski definition) is 0. The molecule has 0 aromatic rings. The van der Waals surface area contributed by atoms with E-state index in [-0.39, 0.29) is 17.4 Å². The minimum absolute atomic E-state index is 0.213. The molecule has 2 fully saturated rings. The third-order valence-electron chi connectivity index (χ3n) is 3.84. The molecule has 0 atom stereocenters. The molecule has 4 nitrogen and oxygen atoms in total. The highest BCUT2D eigenvalue weighted by molar-refractivity contribution is 7.91. The normalized spacial score (nSPS) is 26.8. The summed E-state index contributed by atoms with van der Waals surface area (Å²) in [5, 5.41) is 0. The molecule has 1 saturated heterocycles. The predicted molar refractivity (Wildman–Crippen MR) is 66.7 cm³/mol. The van der Waals surface area contributed by atoms with E-state index in [1.165, 1.54) is 12.8 Å². The van der Waals surface area contributed by atoms with Gasteiger partial charge in [-0.25, -0.2) is 8.42 Å². The van der Waals surface area contributed by atoms with Crippen molar-refractivity contribution in [2.24, 2.45) is 5.92 Å². The summed E-state index contributed by atoms with van der Waals surface area (Å²) < 4.78 is 22.9. The molecular weight excluding hydrogens is 238 g/mol. The number of ketones is 1. The lowest BCUT2D eigenvalue weighted by Crippen LogP contribution is -2.34. The quantitative estimate of drug-likeness (QED) is 0.754. The fourth-order valence-electron chi connectivity index (χ4n) is 2.75. The maximum absolute atomic E-state index is 12.0. The van der Waals surface area contributed by atoms with Gasteiger partial charge in [0.05, 0.1) is 18.1 Å². The molecule has 98 valence electrons. The lowest BCUT2D eigenvalue weighted by Gasteiger charge is -2.20. The van der Waals surface area contributed by atoms with Gasteiger partial charge in [-0.3, -0.25) is 9.69 Å². The van der Waals surface area contributed by atoms with Crippen molar-refractivity contribution in [3.63, 3.8) is 0 Å². The Morgan fingerprint density at radius 2 is 1.76 bits per heavy atom. The van der Waals surface area contributed by atoms with Gasteiger partial charge in [-0.15, -0.1) is 0 Å². The lowest BCUT2D eigenvalue weighted by molar-refractivity contribution is -0.123. The van der Waals surface area contributed by atoms with Crippen LogP contribution in [0.25, 0.3) is 0 Å². The molecule has 1 aliphatic heterocycles. The minimum atomic E-state index is -2.86. The van der Waals surface area contributed by atoms with E-state index in [2.05, 4.69) is 0 Å². The molecule has 0 N–H and O–H groups in total. The number of carbonyl (C=O) groups is 1. The molecule has 1 aliphatic carbocycles. The van der Waals surface area contributed by atoms with Gasteiger partial charge >= 0.3 is 0 Å². The second-order valence-corrected chi connectivity index (χ2v) is 7.53. The van der Waals surface area contributed by atoms with Crippen LogP contribution in [0.15, 0.2) is 0 Å². The van der Waals surface area contributed by atoms with Gasteiger partial charge < -0.3 is 0 Å². The van der Waals surface area contributed by atoms with E-state index in [1.807, 2.05) is 4.90 Å². The van der Waals surface area contributed by atoms with Crippen LogP contribution in [0.2, 0.25) is 0 Å². The van der Waals surface area contributed by atoms with Crippen molar-refractivity contribution >= 4 is 15.6 Å². The van der Waals surface area contributed by atoms with Crippen LogP contribution < -0.4 is 0 Å². The minimum Gasteiger partial charge on any atom is -0.298 e. The Bertz CT molecular complexity index is 371. The molecule has 0 aromatic carbocycles. The van der Waals surface area contributed by atoms with Gasteiger partial charge in [-0.1, -0.05) is 12.8 Å². The van der Waals surface area contributed by atoms with E-state index < -0.39 is 9.84 Å². The summed E-state index contributed by atoms with van der Waals surface area (Å²) in [5.41, 5.74) is 0. The highest BCUT2D eigenvalue weighted by Crippen LogP contribution is 2.25. The molecule has 0 amide bonds. The topological polar surface area (TPSA) is 54.5 Å².